The fourth-order valence-electron chi connectivity index (χ4n) is 3.24. The largest absolute Gasteiger partial charge is 0.316 e. The van der Waals surface area contributed by atoms with Gasteiger partial charge in [0.15, 0.2) is 0 Å². The normalized spacial score (nSPS) is 48.6. The molecule has 0 bridgehead atoms. The summed E-state index contributed by atoms with van der Waals surface area (Å²) in [5.74, 6) is 3.32. The Balaban J connectivity index is 1.60. The molecule has 0 radical (unpaired) electrons. The van der Waals surface area contributed by atoms with Gasteiger partial charge in [-0.3, -0.25) is 4.90 Å². The Morgan fingerprint density at radius 2 is 1.93 bits per heavy atom. The first-order valence-electron chi connectivity index (χ1n) is 5.89. The minimum absolute atomic E-state index is 0.901. The number of nitrogens with zero attached hydrogens (tertiary/aromatic N) is 1. The van der Waals surface area contributed by atoms with Crippen molar-refractivity contribution in [2.24, 2.45) is 11.8 Å². The maximum Gasteiger partial charge on any atom is 0.0197 e. The van der Waals surface area contributed by atoms with Gasteiger partial charge in [-0.1, -0.05) is 6.92 Å². The highest BCUT2D eigenvalue weighted by Crippen LogP contribution is 2.35. The molecule has 0 aliphatic carbocycles. The van der Waals surface area contributed by atoms with Crippen molar-refractivity contribution >= 4 is 11.8 Å². The molecule has 2 nitrogen and oxygen atoms in total. The summed E-state index contributed by atoms with van der Waals surface area (Å²) in [7, 11) is 0. The first-order valence-corrected chi connectivity index (χ1v) is 6.94. The molecule has 3 rings (SSSR count). The molecule has 14 heavy (non-hydrogen) atoms. The average Bonchev–Trinajstić information content (AvgIpc) is 2.75. The van der Waals surface area contributed by atoms with E-state index in [1.807, 2.05) is 0 Å². The summed E-state index contributed by atoms with van der Waals surface area (Å²) in [4.78, 5) is 2.77. The van der Waals surface area contributed by atoms with Gasteiger partial charge >= 0.3 is 0 Å². The Morgan fingerprint density at radius 3 is 2.50 bits per heavy atom. The number of fused-ring (bicyclic) bond motifs is 1. The number of thioether (sulfide) groups is 1. The summed E-state index contributed by atoms with van der Waals surface area (Å²) in [6.07, 6.45) is 1.43. The van der Waals surface area contributed by atoms with E-state index in [4.69, 9.17) is 0 Å². The number of likely N-dealkylation sites (tertiary alicyclic amines) is 1. The molecular weight excluding hydrogens is 192 g/mol. The lowest BCUT2D eigenvalue weighted by Gasteiger charge is -2.24. The van der Waals surface area contributed by atoms with E-state index < -0.39 is 0 Å². The van der Waals surface area contributed by atoms with Crippen LogP contribution in [0.1, 0.15) is 13.3 Å². The molecule has 3 heterocycles. The van der Waals surface area contributed by atoms with Crippen molar-refractivity contribution in [1.29, 1.82) is 0 Å². The number of rotatable bonds is 1. The molecule has 0 spiro atoms. The zero-order valence-corrected chi connectivity index (χ0v) is 9.72. The summed E-state index contributed by atoms with van der Waals surface area (Å²) >= 11 is 2.16. The minimum Gasteiger partial charge on any atom is -0.316 e. The van der Waals surface area contributed by atoms with Crippen molar-refractivity contribution in [3.05, 3.63) is 0 Å². The quantitative estimate of drug-likeness (QED) is 0.699. The van der Waals surface area contributed by atoms with Crippen molar-refractivity contribution in [2.45, 2.75) is 24.6 Å². The molecule has 3 aliphatic heterocycles. The molecule has 0 aromatic carbocycles. The summed E-state index contributed by atoms with van der Waals surface area (Å²) in [5.41, 5.74) is 0. The van der Waals surface area contributed by atoms with Gasteiger partial charge in [0.2, 0.25) is 0 Å². The van der Waals surface area contributed by atoms with Crippen molar-refractivity contribution in [1.82, 2.24) is 10.2 Å². The second-order valence-electron chi connectivity index (χ2n) is 5.17. The summed E-state index contributed by atoms with van der Waals surface area (Å²) in [5, 5.41) is 4.41. The van der Waals surface area contributed by atoms with Crippen LogP contribution in [0.4, 0.5) is 0 Å². The molecule has 3 saturated heterocycles. The molecule has 3 fully saturated rings. The van der Waals surface area contributed by atoms with Crippen LogP contribution in [0.2, 0.25) is 0 Å². The molecule has 4 unspecified atom stereocenters. The Kier molecular flexibility index (Phi) is 2.50. The number of hydrogen-bond acceptors (Lipinski definition) is 3. The highest BCUT2D eigenvalue weighted by atomic mass is 32.2. The van der Waals surface area contributed by atoms with E-state index in [0.717, 1.165) is 23.1 Å². The highest BCUT2D eigenvalue weighted by molar-refractivity contribution is 8.00. The van der Waals surface area contributed by atoms with Gasteiger partial charge < -0.3 is 5.32 Å². The van der Waals surface area contributed by atoms with Crippen molar-refractivity contribution in [2.75, 3.05) is 31.9 Å². The third-order valence-corrected chi connectivity index (χ3v) is 5.45. The lowest BCUT2D eigenvalue weighted by atomic mass is 10.0. The van der Waals surface area contributed by atoms with Gasteiger partial charge in [-0.05, 0) is 31.3 Å². The van der Waals surface area contributed by atoms with E-state index in [0.29, 0.717) is 0 Å². The molecular formula is C11H20N2S. The Morgan fingerprint density at radius 1 is 1.21 bits per heavy atom. The van der Waals surface area contributed by atoms with E-state index in [2.05, 4.69) is 28.9 Å². The van der Waals surface area contributed by atoms with Crippen LogP contribution in [0.5, 0.6) is 0 Å². The lowest BCUT2D eigenvalue weighted by molar-refractivity contribution is 0.241. The maximum atomic E-state index is 3.51. The fourth-order valence-corrected chi connectivity index (χ4v) is 4.49. The number of hydrogen-bond donors (Lipinski definition) is 1. The van der Waals surface area contributed by atoms with Crippen molar-refractivity contribution in [3.63, 3.8) is 0 Å². The molecule has 4 atom stereocenters. The van der Waals surface area contributed by atoms with Gasteiger partial charge in [0.25, 0.3) is 0 Å². The van der Waals surface area contributed by atoms with Crippen LogP contribution < -0.4 is 5.32 Å². The number of nitrogens with one attached hydrogen (secondary N) is 1. The molecule has 0 aromatic heterocycles. The Labute approximate surface area is 90.8 Å². The Hall–Kier alpha value is 0.270. The van der Waals surface area contributed by atoms with Crippen LogP contribution in [0.15, 0.2) is 0 Å². The molecule has 0 aromatic rings. The van der Waals surface area contributed by atoms with Gasteiger partial charge in [-0.2, -0.15) is 11.8 Å². The monoisotopic (exact) mass is 212 g/mol. The summed E-state index contributed by atoms with van der Waals surface area (Å²) in [6.45, 7) is 7.67. The second-order valence-corrected chi connectivity index (χ2v) is 6.64. The first-order chi connectivity index (χ1) is 6.83. The topological polar surface area (TPSA) is 15.3 Å². The van der Waals surface area contributed by atoms with Crippen molar-refractivity contribution < 1.29 is 0 Å². The average molecular weight is 212 g/mol. The van der Waals surface area contributed by atoms with Crippen LogP contribution in [0.3, 0.4) is 0 Å². The predicted octanol–water partition coefficient (Wildman–Crippen LogP) is 1.03. The van der Waals surface area contributed by atoms with Crippen LogP contribution in [0, 0.1) is 11.8 Å². The Bertz CT molecular complexity index is 209. The third kappa shape index (κ3) is 1.59. The van der Waals surface area contributed by atoms with Crippen molar-refractivity contribution in [3.8, 4) is 0 Å². The standard InChI is InChI=1S/C11H20N2S/c1-8-2-11(7-14-8)13-5-9-3-12-4-10(9)6-13/h8-12H,2-7H2,1H3. The van der Waals surface area contributed by atoms with Gasteiger partial charge in [0, 0.05) is 30.1 Å². The fraction of sp³-hybridized carbons (Fsp3) is 1.00. The highest BCUT2D eigenvalue weighted by Gasteiger charge is 2.40. The zero-order chi connectivity index (χ0) is 9.54. The van der Waals surface area contributed by atoms with E-state index in [9.17, 15) is 0 Å². The molecule has 3 heteroatoms. The van der Waals surface area contributed by atoms with Crippen LogP contribution in [-0.4, -0.2) is 48.1 Å². The predicted molar refractivity (Wildman–Crippen MR) is 61.7 cm³/mol. The van der Waals surface area contributed by atoms with Crippen LogP contribution in [-0.2, 0) is 0 Å². The maximum absolute atomic E-state index is 3.51. The lowest BCUT2D eigenvalue weighted by Crippen LogP contribution is -2.35. The smallest absolute Gasteiger partial charge is 0.0197 e. The summed E-state index contributed by atoms with van der Waals surface area (Å²) in [6, 6.07) is 0.903. The summed E-state index contributed by atoms with van der Waals surface area (Å²) < 4.78 is 0. The molecule has 0 saturated carbocycles. The molecule has 3 aliphatic rings. The second kappa shape index (κ2) is 3.69. The zero-order valence-electron chi connectivity index (χ0n) is 8.91. The first kappa shape index (κ1) is 9.49. The molecule has 80 valence electrons. The van der Waals surface area contributed by atoms with Gasteiger partial charge in [-0.25, -0.2) is 0 Å². The van der Waals surface area contributed by atoms with Gasteiger partial charge in [0.1, 0.15) is 0 Å². The van der Waals surface area contributed by atoms with E-state index >= 15 is 0 Å². The SMILES string of the molecule is CC1CC(N2CC3CNCC3C2)CS1. The molecule has 0 amide bonds. The van der Waals surface area contributed by atoms with E-state index in [-0.39, 0.29) is 0 Å². The third-order valence-electron chi connectivity index (χ3n) is 4.11. The van der Waals surface area contributed by atoms with Crippen LogP contribution >= 0.6 is 11.8 Å². The van der Waals surface area contributed by atoms with E-state index in [1.165, 1.54) is 38.4 Å². The van der Waals surface area contributed by atoms with Crippen LogP contribution in [0.25, 0.3) is 0 Å². The van der Waals surface area contributed by atoms with Gasteiger partial charge in [0.05, 0.1) is 0 Å². The van der Waals surface area contributed by atoms with E-state index in [1.54, 1.807) is 0 Å². The molecule has 1 N–H and O–H groups in total. The minimum atomic E-state index is 0.901. The van der Waals surface area contributed by atoms with Gasteiger partial charge in [-0.15, -0.1) is 0 Å².